The molecule has 0 fully saturated rings. The second-order valence-corrected chi connectivity index (χ2v) is 7.66. The van der Waals surface area contributed by atoms with Crippen LogP contribution in [-0.4, -0.2) is 25.7 Å². The number of carbonyl (C=O) groups excluding carboxylic acids is 1. The van der Waals surface area contributed by atoms with Crippen LogP contribution in [0.1, 0.15) is 29.0 Å². The third-order valence-corrected chi connectivity index (χ3v) is 5.38. The van der Waals surface area contributed by atoms with Crippen molar-refractivity contribution in [1.29, 1.82) is 0 Å². The molecule has 4 nitrogen and oxygen atoms in total. The van der Waals surface area contributed by atoms with Crippen LogP contribution in [-0.2, 0) is 16.0 Å². The third-order valence-electron chi connectivity index (χ3n) is 4.46. The zero-order chi connectivity index (χ0) is 20.8. The van der Waals surface area contributed by atoms with Crippen LogP contribution in [0.5, 0.6) is 5.75 Å². The van der Waals surface area contributed by atoms with Gasteiger partial charge in [-0.3, -0.25) is 4.79 Å². The van der Waals surface area contributed by atoms with Gasteiger partial charge in [0.25, 0.3) is 0 Å². The van der Waals surface area contributed by atoms with Gasteiger partial charge in [-0.2, -0.15) is 8.78 Å². The average Bonchev–Trinajstić information content (AvgIpc) is 2.63. The van der Waals surface area contributed by atoms with Crippen molar-refractivity contribution >= 4 is 33.5 Å². The summed E-state index contributed by atoms with van der Waals surface area (Å²) >= 11 is 9.54. The fourth-order valence-electron chi connectivity index (χ4n) is 3.09. The Kier molecular flexibility index (Phi) is 8.22. The van der Waals surface area contributed by atoms with Crippen molar-refractivity contribution in [1.82, 2.24) is 0 Å². The normalized spacial score (nSPS) is 13.3. The molecule has 152 valence electrons. The predicted molar refractivity (Wildman–Crippen MR) is 108 cm³/mol. The minimum atomic E-state index is -2.98. The molecule has 2 rings (SSSR count). The first-order valence-electron chi connectivity index (χ1n) is 8.54. The van der Waals surface area contributed by atoms with E-state index in [2.05, 4.69) is 15.9 Å². The molecule has 0 aliphatic heterocycles. The Labute approximate surface area is 176 Å². The number of benzene rings is 2. The topological polar surface area (TPSA) is 61.5 Å². The number of esters is 1. The van der Waals surface area contributed by atoms with Gasteiger partial charge in [0.1, 0.15) is 11.8 Å². The molecule has 0 radical (unpaired) electrons. The molecule has 2 atom stereocenters. The molecule has 0 unspecified atom stereocenters. The van der Waals surface area contributed by atoms with Crippen LogP contribution in [0.2, 0.25) is 5.02 Å². The molecule has 0 amide bonds. The summed E-state index contributed by atoms with van der Waals surface area (Å²) in [6.45, 7) is -1.05. The van der Waals surface area contributed by atoms with Crippen LogP contribution in [0.3, 0.4) is 0 Å². The Balaban J connectivity index is 2.49. The number of ether oxygens (including phenoxy) is 2. The summed E-state index contributed by atoms with van der Waals surface area (Å²) in [6.07, 6.45) is 0.611. The van der Waals surface area contributed by atoms with Crippen LogP contribution >= 0.6 is 27.5 Å². The maximum Gasteiger partial charge on any atom is 0.387 e. The molecule has 2 N–H and O–H groups in total. The summed E-state index contributed by atoms with van der Waals surface area (Å²) in [5.74, 6) is -0.932. The standard InChI is InChI=1S/C20H21BrClF2NO3/c1-11-6-7-14(22)9-12(11)8-13(10-16(25)19(26)27-2)18-15(21)4-3-5-17(18)28-20(23)24/h3-7,9,13,16,20H,8,10,25H2,1-2H3/t13-,16-/m1/s1. The molecule has 28 heavy (non-hydrogen) atoms. The number of alkyl halides is 2. The molecule has 0 bridgehead atoms. The number of nitrogens with two attached hydrogens (primary N) is 1. The van der Waals surface area contributed by atoms with E-state index in [4.69, 9.17) is 26.8 Å². The fourth-order valence-corrected chi connectivity index (χ4v) is 3.96. The average molecular weight is 477 g/mol. The van der Waals surface area contributed by atoms with Crippen molar-refractivity contribution in [3.05, 3.63) is 62.6 Å². The molecule has 0 aromatic heterocycles. The lowest BCUT2D eigenvalue weighted by Gasteiger charge is -2.24. The second-order valence-electron chi connectivity index (χ2n) is 6.37. The van der Waals surface area contributed by atoms with Crippen LogP contribution < -0.4 is 10.5 Å². The molecule has 0 aliphatic rings. The van der Waals surface area contributed by atoms with E-state index in [9.17, 15) is 13.6 Å². The highest BCUT2D eigenvalue weighted by Gasteiger charge is 2.27. The maximum atomic E-state index is 12.9. The highest BCUT2D eigenvalue weighted by Crippen LogP contribution is 2.39. The molecule has 0 aliphatic carbocycles. The summed E-state index contributed by atoms with van der Waals surface area (Å²) in [7, 11) is 1.25. The summed E-state index contributed by atoms with van der Waals surface area (Å²) in [5.41, 5.74) is 8.41. The lowest BCUT2D eigenvalue weighted by atomic mass is 9.85. The van der Waals surface area contributed by atoms with Crippen LogP contribution in [0.25, 0.3) is 0 Å². The molecule has 2 aromatic carbocycles. The van der Waals surface area contributed by atoms with Crippen molar-refractivity contribution in [2.75, 3.05) is 7.11 Å². The van der Waals surface area contributed by atoms with E-state index in [0.29, 0.717) is 21.5 Å². The van der Waals surface area contributed by atoms with E-state index < -0.39 is 24.5 Å². The Hall–Kier alpha value is -1.70. The first-order valence-corrected chi connectivity index (χ1v) is 9.71. The number of hydrogen-bond donors (Lipinski definition) is 1. The van der Waals surface area contributed by atoms with Gasteiger partial charge < -0.3 is 15.2 Å². The van der Waals surface area contributed by atoms with Gasteiger partial charge in [-0.15, -0.1) is 0 Å². The quantitative estimate of drug-likeness (QED) is 0.530. The van der Waals surface area contributed by atoms with E-state index in [1.54, 1.807) is 18.2 Å². The van der Waals surface area contributed by atoms with Crippen LogP contribution in [0.4, 0.5) is 8.78 Å². The van der Waals surface area contributed by atoms with E-state index in [0.717, 1.165) is 11.1 Å². The molecule has 0 heterocycles. The van der Waals surface area contributed by atoms with Crippen molar-refractivity contribution in [3.63, 3.8) is 0 Å². The van der Waals surface area contributed by atoms with Gasteiger partial charge in [0.15, 0.2) is 0 Å². The highest BCUT2D eigenvalue weighted by molar-refractivity contribution is 9.10. The van der Waals surface area contributed by atoms with Gasteiger partial charge in [0.05, 0.1) is 7.11 Å². The Morgan fingerprint density at radius 2 is 2.00 bits per heavy atom. The first-order chi connectivity index (χ1) is 13.2. The smallest absolute Gasteiger partial charge is 0.387 e. The van der Waals surface area contributed by atoms with Crippen molar-refractivity contribution in [2.45, 2.75) is 38.3 Å². The summed E-state index contributed by atoms with van der Waals surface area (Å²) < 4.78 is 35.9. The second kappa shape index (κ2) is 10.2. The van der Waals surface area contributed by atoms with Crippen LogP contribution in [0.15, 0.2) is 40.9 Å². The largest absolute Gasteiger partial charge is 0.468 e. The van der Waals surface area contributed by atoms with Crippen molar-refractivity contribution in [2.24, 2.45) is 5.73 Å². The van der Waals surface area contributed by atoms with Crippen molar-refractivity contribution in [3.8, 4) is 5.75 Å². The van der Waals surface area contributed by atoms with Gasteiger partial charge in [-0.05, 0) is 61.1 Å². The van der Waals surface area contributed by atoms with Crippen molar-refractivity contribution < 1.29 is 23.0 Å². The number of halogens is 4. The SMILES string of the molecule is COC(=O)[C@H](N)C[C@@H](Cc1cc(Cl)ccc1C)c1c(Br)cccc1OC(F)F. The molecule has 8 heteroatoms. The minimum Gasteiger partial charge on any atom is -0.468 e. The zero-order valence-electron chi connectivity index (χ0n) is 15.4. The summed E-state index contributed by atoms with van der Waals surface area (Å²) in [6, 6.07) is 9.36. The fraction of sp³-hybridized carbons (Fsp3) is 0.350. The maximum absolute atomic E-state index is 12.9. The Morgan fingerprint density at radius 3 is 2.64 bits per heavy atom. The summed E-state index contributed by atoms with van der Waals surface area (Å²) in [4.78, 5) is 11.9. The molecular weight excluding hydrogens is 456 g/mol. The van der Waals surface area contributed by atoms with E-state index in [1.165, 1.54) is 13.2 Å². The van der Waals surface area contributed by atoms with Gasteiger partial charge in [0.2, 0.25) is 0 Å². The van der Waals surface area contributed by atoms with Gasteiger partial charge >= 0.3 is 12.6 Å². The summed E-state index contributed by atoms with van der Waals surface area (Å²) in [5, 5.41) is 0.563. The van der Waals surface area contributed by atoms with E-state index >= 15 is 0 Å². The minimum absolute atomic E-state index is 0.0334. The van der Waals surface area contributed by atoms with E-state index in [1.807, 2.05) is 19.1 Å². The number of methoxy groups -OCH3 is 1. The molecule has 0 saturated heterocycles. The Bertz CT molecular complexity index is 835. The predicted octanol–water partition coefficient (Wildman–Crippen LogP) is 5.23. The number of carbonyl (C=O) groups is 1. The lowest BCUT2D eigenvalue weighted by Crippen LogP contribution is -2.33. The monoisotopic (exact) mass is 475 g/mol. The molecule has 2 aromatic rings. The molecule has 0 spiro atoms. The molecule has 0 saturated carbocycles. The van der Waals surface area contributed by atoms with Crippen LogP contribution in [0, 0.1) is 6.92 Å². The number of aryl methyl sites for hydroxylation is 1. The highest BCUT2D eigenvalue weighted by atomic mass is 79.9. The number of hydrogen-bond acceptors (Lipinski definition) is 4. The van der Waals surface area contributed by atoms with E-state index in [-0.39, 0.29) is 12.2 Å². The lowest BCUT2D eigenvalue weighted by molar-refractivity contribution is -0.142. The van der Waals surface area contributed by atoms with Gasteiger partial charge in [0, 0.05) is 15.1 Å². The van der Waals surface area contributed by atoms with Gasteiger partial charge in [-0.1, -0.05) is 39.7 Å². The zero-order valence-corrected chi connectivity index (χ0v) is 17.8. The Morgan fingerprint density at radius 1 is 1.29 bits per heavy atom. The van der Waals surface area contributed by atoms with Gasteiger partial charge in [-0.25, -0.2) is 0 Å². The third kappa shape index (κ3) is 5.90. The number of rotatable bonds is 8. The molecular formula is C20H21BrClF2NO3. The first kappa shape index (κ1) is 22.6.